The highest BCUT2D eigenvalue weighted by Crippen LogP contribution is 2.43. The van der Waals surface area contributed by atoms with Gasteiger partial charge in [-0.15, -0.1) is 0 Å². The molecule has 0 spiro atoms. The van der Waals surface area contributed by atoms with E-state index in [2.05, 4.69) is 179 Å². The molecule has 3 nitrogen and oxygen atoms in total. The van der Waals surface area contributed by atoms with Crippen molar-refractivity contribution in [1.82, 2.24) is 9.13 Å². The minimum atomic E-state index is 0.912. The third-order valence-corrected chi connectivity index (χ3v) is 10.5. The Kier molecular flexibility index (Phi) is 5.96. The SMILES string of the molecule is c1ccc(-c2ccc(-n3c4ccccc4c4c5c6ccccc6n(-c6ccc(-c7cccc8oc9ccccc9c78)cc6)c5ccc43)cc2)cc1. The van der Waals surface area contributed by atoms with Gasteiger partial charge in [-0.2, -0.15) is 0 Å². The molecule has 238 valence electrons. The summed E-state index contributed by atoms with van der Waals surface area (Å²) in [4.78, 5) is 0. The minimum Gasteiger partial charge on any atom is -0.456 e. The highest BCUT2D eigenvalue weighted by Gasteiger charge is 2.21. The second kappa shape index (κ2) is 10.8. The Morgan fingerprint density at radius 2 is 0.784 bits per heavy atom. The molecule has 3 aromatic heterocycles. The molecule has 0 saturated carbocycles. The van der Waals surface area contributed by atoms with E-state index in [1.807, 2.05) is 12.1 Å². The molecule has 8 aromatic carbocycles. The Balaban J connectivity index is 1.11. The van der Waals surface area contributed by atoms with Crippen molar-refractivity contribution < 1.29 is 4.42 Å². The second-order valence-electron chi connectivity index (χ2n) is 13.3. The van der Waals surface area contributed by atoms with Crippen LogP contribution in [0.5, 0.6) is 0 Å². The molecule has 0 aliphatic carbocycles. The number of fused-ring (bicyclic) bond motifs is 10. The van der Waals surface area contributed by atoms with E-state index in [4.69, 9.17) is 4.42 Å². The molecule has 0 radical (unpaired) electrons. The fraction of sp³-hybridized carbons (Fsp3) is 0. The van der Waals surface area contributed by atoms with E-state index in [0.717, 1.165) is 33.3 Å². The van der Waals surface area contributed by atoms with Gasteiger partial charge >= 0.3 is 0 Å². The maximum absolute atomic E-state index is 6.21. The van der Waals surface area contributed by atoms with Crippen molar-refractivity contribution in [3.8, 4) is 33.6 Å². The molecule has 0 atom stereocenters. The van der Waals surface area contributed by atoms with E-state index in [9.17, 15) is 0 Å². The van der Waals surface area contributed by atoms with Crippen molar-refractivity contribution in [3.63, 3.8) is 0 Å². The lowest BCUT2D eigenvalue weighted by Gasteiger charge is -2.11. The largest absolute Gasteiger partial charge is 0.456 e. The Hall–Kier alpha value is -6.84. The van der Waals surface area contributed by atoms with Crippen LogP contribution in [0.1, 0.15) is 0 Å². The lowest BCUT2D eigenvalue weighted by atomic mass is 9.99. The van der Waals surface area contributed by atoms with Gasteiger partial charge in [0.15, 0.2) is 0 Å². The standard InChI is InChI=1S/C48H30N2O/c1-2-11-31(12-3-1)32-21-25-34(26-22-32)49-40-17-7-4-13-37(40)47-42(49)29-30-43-48(47)38-14-5-8-18-41(38)50(43)35-27-23-33(24-28-35)36-16-10-20-45-46(36)39-15-6-9-19-44(39)51-45/h1-30H. The van der Waals surface area contributed by atoms with Crippen molar-refractivity contribution in [1.29, 1.82) is 0 Å². The summed E-state index contributed by atoms with van der Waals surface area (Å²) in [6.07, 6.45) is 0. The average molecular weight is 651 g/mol. The van der Waals surface area contributed by atoms with Crippen molar-refractivity contribution in [3.05, 3.63) is 182 Å². The van der Waals surface area contributed by atoms with Gasteiger partial charge in [0.2, 0.25) is 0 Å². The third kappa shape index (κ3) is 4.12. The average Bonchev–Trinajstić information content (AvgIpc) is 3.86. The third-order valence-electron chi connectivity index (χ3n) is 10.5. The number of rotatable bonds is 4. The van der Waals surface area contributed by atoms with Crippen molar-refractivity contribution in [2.45, 2.75) is 0 Å². The Bertz CT molecular complexity index is 3100. The van der Waals surface area contributed by atoms with Crippen LogP contribution >= 0.6 is 0 Å². The molecule has 0 N–H and O–H groups in total. The van der Waals surface area contributed by atoms with Crippen LogP contribution in [0.2, 0.25) is 0 Å². The van der Waals surface area contributed by atoms with Gasteiger partial charge in [0.1, 0.15) is 11.2 Å². The van der Waals surface area contributed by atoms with E-state index >= 15 is 0 Å². The number of hydrogen-bond donors (Lipinski definition) is 0. The van der Waals surface area contributed by atoms with Gasteiger partial charge in [0.05, 0.1) is 22.1 Å². The summed E-state index contributed by atoms with van der Waals surface area (Å²) >= 11 is 0. The molecular weight excluding hydrogens is 621 g/mol. The smallest absolute Gasteiger partial charge is 0.136 e. The Morgan fingerprint density at radius 3 is 1.41 bits per heavy atom. The fourth-order valence-electron chi connectivity index (χ4n) is 8.31. The Labute approximate surface area is 293 Å². The predicted octanol–water partition coefficient (Wildman–Crippen LogP) is 13.1. The summed E-state index contributed by atoms with van der Waals surface area (Å²) in [7, 11) is 0. The molecule has 0 fully saturated rings. The molecular formula is C48H30N2O. The summed E-state index contributed by atoms with van der Waals surface area (Å²) in [5.41, 5.74) is 13.7. The molecule has 0 amide bonds. The second-order valence-corrected chi connectivity index (χ2v) is 13.3. The monoisotopic (exact) mass is 650 g/mol. The summed E-state index contributed by atoms with van der Waals surface area (Å²) in [6, 6.07) is 65.4. The van der Waals surface area contributed by atoms with E-state index in [1.54, 1.807) is 0 Å². The molecule has 0 bridgehead atoms. The van der Waals surface area contributed by atoms with Crippen molar-refractivity contribution in [2.75, 3.05) is 0 Å². The lowest BCUT2D eigenvalue weighted by molar-refractivity contribution is 0.669. The van der Waals surface area contributed by atoms with Crippen LogP contribution in [0.3, 0.4) is 0 Å². The molecule has 3 heterocycles. The topological polar surface area (TPSA) is 23.0 Å². The summed E-state index contributed by atoms with van der Waals surface area (Å²) in [5.74, 6) is 0. The molecule has 0 aliphatic heterocycles. The molecule has 0 unspecified atom stereocenters. The number of furan rings is 1. The van der Waals surface area contributed by atoms with Gasteiger partial charge in [0.25, 0.3) is 0 Å². The summed E-state index contributed by atoms with van der Waals surface area (Å²) in [6.45, 7) is 0. The number of aromatic nitrogens is 2. The lowest BCUT2D eigenvalue weighted by Crippen LogP contribution is -1.95. The molecule has 51 heavy (non-hydrogen) atoms. The zero-order valence-electron chi connectivity index (χ0n) is 27.6. The van der Waals surface area contributed by atoms with Gasteiger partial charge in [0, 0.05) is 43.7 Å². The highest BCUT2D eigenvalue weighted by molar-refractivity contribution is 6.29. The quantitative estimate of drug-likeness (QED) is 0.186. The summed E-state index contributed by atoms with van der Waals surface area (Å²) < 4.78 is 11.0. The molecule has 11 aromatic rings. The van der Waals surface area contributed by atoms with Gasteiger partial charge in [-0.1, -0.05) is 121 Å². The first-order valence-electron chi connectivity index (χ1n) is 17.4. The van der Waals surface area contributed by atoms with Crippen LogP contribution in [0.25, 0.3) is 99.2 Å². The van der Waals surface area contributed by atoms with Gasteiger partial charge in [-0.05, 0) is 82.9 Å². The van der Waals surface area contributed by atoms with Crippen LogP contribution < -0.4 is 0 Å². The van der Waals surface area contributed by atoms with Crippen LogP contribution in [0.4, 0.5) is 0 Å². The molecule has 11 rings (SSSR count). The zero-order valence-corrected chi connectivity index (χ0v) is 27.6. The molecule has 0 saturated heterocycles. The van der Waals surface area contributed by atoms with Gasteiger partial charge in [-0.25, -0.2) is 0 Å². The van der Waals surface area contributed by atoms with Crippen LogP contribution in [0, 0.1) is 0 Å². The van der Waals surface area contributed by atoms with E-state index in [0.29, 0.717) is 0 Å². The Morgan fingerprint density at radius 1 is 0.294 bits per heavy atom. The minimum absolute atomic E-state index is 0.912. The first-order chi connectivity index (χ1) is 25.3. The first-order valence-corrected chi connectivity index (χ1v) is 17.4. The van der Waals surface area contributed by atoms with E-state index < -0.39 is 0 Å². The highest BCUT2D eigenvalue weighted by atomic mass is 16.3. The van der Waals surface area contributed by atoms with Gasteiger partial charge < -0.3 is 13.6 Å². The number of para-hydroxylation sites is 3. The zero-order chi connectivity index (χ0) is 33.5. The maximum atomic E-state index is 6.21. The molecule has 0 aliphatic rings. The number of benzene rings is 8. The molecule has 3 heteroatoms. The predicted molar refractivity (Wildman–Crippen MR) is 213 cm³/mol. The van der Waals surface area contributed by atoms with Crippen molar-refractivity contribution in [2.24, 2.45) is 0 Å². The van der Waals surface area contributed by atoms with Crippen LogP contribution in [-0.2, 0) is 0 Å². The van der Waals surface area contributed by atoms with Crippen molar-refractivity contribution >= 4 is 65.6 Å². The summed E-state index contributed by atoms with van der Waals surface area (Å²) in [5, 5.41) is 7.36. The van der Waals surface area contributed by atoms with Gasteiger partial charge in [-0.3, -0.25) is 0 Å². The number of nitrogens with zero attached hydrogens (tertiary/aromatic N) is 2. The maximum Gasteiger partial charge on any atom is 0.136 e. The first kappa shape index (κ1) is 28.0. The van der Waals surface area contributed by atoms with E-state index in [1.165, 1.54) is 65.9 Å². The normalized spacial score (nSPS) is 11.9. The van der Waals surface area contributed by atoms with Crippen LogP contribution in [0.15, 0.2) is 186 Å². The fourth-order valence-corrected chi connectivity index (χ4v) is 8.31. The van der Waals surface area contributed by atoms with E-state index in [-0.39, 0.29) is 0 Å². The number of hydrogen-bond acceptors (Lipinski definition) is 1. The van der Waals surface area contributed by atoms with Crippen LogP contribution in [-0.4, -0.2) is 9.13 Å².